The van der Waals surface area contributed by atoms with E-state index in [9.17, 15) is 9.59 Å². The summed E-state index contributed by atoms with van der Waals surface area (Å²) in [5.41, 5.74) is 0.801. The molecule has 0 saturated heterocycles. The lowest BCUT2D eigenvalue weighted by Gasteiger charge is -2.17. The Morgan fingerprint density at radius 3 is 2.73 bits per heavy atom. The third-order valence-corrected chi connectivity index (χ3v) is 5.91. The Labute approximate surface area is 213 Å². The first-order chi connectivity index (χ1) is 15.7. The molecule has 33 heavy (non-hydrogen) atoms. The lowest BCUT2D eigenvalue weighted by molar-refractivity contribution is -0.150. The summed E-state index contributed by atoms with van der Waals surface area (Å²) in [6.07, 6.45) is 1.97. The molecule has 0 bridgehead atoms. The van der Waals surface area contributed by atoms with Crippen molar-refractivity contribution in [3.63, 3.8) is 0 Å². The molecule has 10 heteroatoms. The van der Waals surface area contributed by atoms with Crippen molar-refractivity contribution in [2.24, 2.45) is 5.10 Å². The smallest absolute Gasteiger partial charge is 0.347 e. The number of aryl methyl sites for hydroxylation is 1. The van der Waals surface area contributed by atoms with Crippen LogP contribution in [0.2, 0.25) is 5.02 Å². The lowest BCUT2D eigenvalue weighted by atomic mass is 10.2. The van der Waals surface area contributed by atoms with Crippen LogP contribution in [0.25, 0.3) is 10.9 Å². The summed E-state index contributed by atoms with van der Waals surface area (Å²) in [4.78, 5) is 29.9. The summed E-state index contributed by atoms with van der Waals surface area (Å²) in [5.74, 6) is 0.398. The first kappa shape index (κ1) is 25.4. The maximum absolute atomic E-state index is 13.2. The zero-order valence-corrected chi connectivity index (χ0v) is 22.2. The molecule has 7 nitrogen and oxygen atoms in total. The number of carbonyl (C=O) groups excluding carboxylic acids is 1. The predicted molar refractivity (Wildman–Crippen MR) is 137 cm³/mol. The van der Waals surface area contributed by atoms with Crippen molar-refractivity contribution in [2.45, 2.75) is 39.7 Å². The number of hydrogen-bond donors (Lipinski definition) is 0. The molecule has 174 valence electrons. The highest BCUT2D eigenvalue weighted by atomic mass is 79.9. The van der Waals surface area contributed by atoms with Crippen LogP contribution >= 0.6 is 43.5 Å². The van der Waals surface area contributed by atoms with Gasteiger partial charge in [-0.3, -0.25) is 4.79 Å². The number of aromatic nitrogens is 2. The number of rotatable bonds is 8. The quantitative estimate of drug-likeness (QED) is 0.244. The molecular formula is C23H22Br2ClN3O4. The number of halogens is 3. The van der Waals surface area contributed by atoms with E-state index < -0.39 is 12.1 Å². The van der Waals surface area contributed by atoms with Crippen LogP contribution in [-0.4, -0.2) is 34.6 Å². The van der Waals surface area contributed by atoms with Crippen molar-refractivity contribution in [1.29, 1.82) is 0 Å². The van der Waals surface area contributed by atoms with Crippen LogP contribution in [0.3, 0.4) is 0 Å². The van der Waals surface area contributed by atoms with Crippen molar-refractivity contribution < 1.29 is 14.3 Å². The van der Waals surface area contributed by atoms with Gasteiger partial charge in [0.25, 0.3) is 5.56 Å². The highest BCUT2D eigenvalue weighted by Gasteiger charge is 2.20. The number of nitrogens with zero attached hydrogens (tertiary/aromatic N) is 3. The van der Waals surface area contributed by atoms with Gasteiger partial charge in [0.2, 0.25) is 0 Å². The van der Waals surface area contributed by atoms with Gasteiger partial charge in [0.1, 0.15) is 11.6 Å². The largest absolute Gasteiger partial charge is 0.477 e. The molecule has 0 aliphatic heterocycles. The summed E-state index contributed by atoms with van der Waals surface area (Å²) in [5, 5.41) is 5.31. The van der Waals surface area contributed by atoms with E-state index in [-0.39, 0.29) is 12.2 Å². The SMILES string of the molecule is CCCc1nc2ccc(Br)cc2c(=O)n1N=Cc1cc(Cl)cc(Br)c1O[C@@H](C)C(=O)OCC. The average molecular weight is 600 g/mol. The van der Waals surface area contributed by atoms with Crippen LogP contribution < -0.4 is 10.3 Å². The molecule has 0 amide bonds. The first-order valence-electron chi connectivity index (χ1n) is 10.3. The van der Waals surface area contributed by atoms with Crippen LogP contribution in [0.15, 0.2) is 49.2 Å². The Hall–Kier alpha value is -2.23. The van der Waals surface area contributed by atoms with Gasteiger partial charge in [-0.15, -0.1) is 0 Å². The minimum absolute atomic E-state index is 0.247. The third-order valence-electron chi connectivity index (χ3n) is 4.61. The van der Waals surface area contributed by atoms with Gasteiger partial charge in [0.05, 0.1) is 28.2 Å². The van der Waals surface area contributed by atoms with Crippen molar-refractivity contribution in [2.75, 3.05) is 6.61 Å². The van der Waals surface area contributed by atoms with E-state index in [1.54, 1.807) is 38.1 Å². The number of fused-ring (bicyclic) bond motifs is 1. The Balaban J connectivity index is 2.09. The minimum Gasteiger partial charge on any atom is -0.477 e. The number of hydrogen-bond acceptors (Lipinski definition) is 6. The molecule has 0 spiro atoms. The molecular weight excluding hydrogens is 578 g/mol. The molecule has 1 atom stereocenters. The van der Waals surface area contributed by atoms with E-state index in [0.29, 0.717) is 44.0 Å². The summed E-state index contributed by atoms with van der Waals surface area (Å²) in [6.45, 7) is 5.57. The molecule has 2 aromatic carbocycles. The second-order valence-corrected chi connectivity index (χ2v) is 9.33. The summed E-state index contributed by atoms with van der Waals surface area (Å²) < 4.78 is 13.5. The molecule has 0 N–H and O–H groups in total. The molecule has 1 aromatic heterocycles. The van der Waals surface area contributed by atoms with E-state index in [0.717, 1.165) is 10.9 Å². The first-order valence-corrected chi connectivity index (χ1v) is 12.3. The third kappa shape index (κ3) is 6.02. The predicted octanol–water partition coefficient (Wildman–Crippen LogP) is 5.74. The van der Waals surface area contributed by atoms with Crippen LogP contribution in [-0.2, 0) is 16.0 Å². The van der Waals surface area contributed by atoms with Gasteiger partial charge in [-0.2, -0.15) is 9.78 Å². The van der Waals surface area contributed by atoms with Crippen molar-refractivity contribution in [1.82, 2.24) is 9.66 Å². The maximum atomic E-state index is 13.2. The van der Waals surface area contributed by atoms with Gasteiger partial charge in [-0.1, -0.05) is 34.5 Å². The fourth-order valence-corrected chi connectivity index (χ4v) is 4.39. The molecule has 1 heterocycles. The van der Waals surface area contributed by atoms with Gasteiger partial charge < -0.3 is 9.47 Å². The van der Waals surface area contributed by atoms with E-state index in [1.807, 2.05) is 13.0 Å². The second kappa shape index (κ2) is 11.3. The number of esters is 1. The zero-order chi connectivity index (χ0) is 24.1. The van der Waals surface area contributed by atoms with E-state index in [2.05, 4.69) is 41.9 Å². The van der Waals surface area contributed by atoms with Crippen LogP contribution in [0.1, 0.15) is 38.6 Å². The standard InChI is InChI=1S/C23H22Br2ClN3O4/c1-4-6-20-28-19-8-7-15(24)10-17(19)22(30)29(20)27-12-14-9-16(26)11-18(25)21(14)33-13(3)23(31)32-5-2/h7-13H,4-6H2,1-3H3/t13-/m0/s1. The Bertz CT molecular complexity index is 1280. The number of ether oxygens (including phenoxy) is 2. The van der Waals surface area contributed by atoms with Crippen molar-refractivity contribution in [3.8, 4) is 5.75 Å². The molecule has 0 aliphatic rings. The zero-order valence-electron chi connectivity index (χ0n) is 18.3. The highest BCUT2D eigenvalue weighted by molar-refractivity contribution is 9.10. The highest BCUT2D eigenvalue weighted by Crippen LogP contribution is 2.33. The van der Waals surface area contributed by atoms with Crippen LogP contribution in [0, 0.1) is 0 Å². The fourth-order valence-electron chi connectivity index (χ4n) is 3.10. The molecule has 0 fully saturated rings. The molecule has 0 saturated carbocycles. The Morgan fingerprint density at radius 1 is 1.27 bits per heavy atom. The van der Waals surface area contributed by atoms with E-state index in [4.69, 9.17) is 21.1 Å². The summed E-state index contributed by atoms with van der Waals surface area (Å²) in [7, 11) is 0. The normalized spacial score (nSPS) is 12.3. The summed E-state index contributed by atoms with van der Waals surface area (Å²) >= 11 is 13.1. The molecule has 3 aromatic rings. The Morgan fingerprint density at radius 2 is 2.03 bits per heavy atom. The van der Waals surface area contributed by atoms with Gasteiger partial charge in [-0.05, 0) is 66.5 Å². The second-order valence-electron chi connectivity index (χ2n) is 7.12. The minimum atomic E-state index is -0.854. The molecule has 0 aliphatic carbocycles. The van der Waals surface area contributed by atoms with E-state index in [1.165, 1.54) is 10.9 Å². The van der Waals surface area contributed by atoms with Crippen molar-refractivity contribution >= 4 is 66.5 Å². The average Bonchev–Trinajstić information content (AvgIpc) is 2.76. The fraction of sp³-hybridized carbons (Fsp3) is 0.304. The topological polar surface area (TPSA) is 82.8 Å². The molecule has 0 radical (unpaired) electrons. The van der Waals surface area contributed by atoms with Gasteiger partial charge >= 0.3 is 5.97 Å². The van der Waals surface area contributed by atoms with E-state index >= 15 is 0 Å². The maximum Gasteiger partial charge on any atom is 0.347 e. The number of benzene rings is 2. The van der Waals surface area contributed by atoms with Crippen LogP contribution in [0.4, 0.5) is 0 Å². The van der Waals surface area contributed by atoms with Crippen molar-refractivity contribution in [3.05, 3.63) is 66.0 Å². The molecule has 0 unspecified atom stereocenters. The van der Waals surface area contributed by atoms with Gasteiger partial charge in [-0.25, -0.2) is 9.78 Å². The molecule has 3 rings (SSSR count). The monoisotopic (exact) mass is 597 g/mol. The van der Waals surface area contributed by atoms with Gasteiger partial charge in [0.15, 0.2) is 6.10 Å². The van der Waals surface area contributed by atoms with Gasteiger partial charge in [0, 0.05) is 21.5 Å². The lowest BCUT2D eigenvalue weighted by Crippen LogP contribution is -2.26. The summed E-state index contributed by atoms with van der Waals surface area (Å²) in [6, 6.07) is 8.65. The number of carbonyl (C=O) groups is 1. The Kier molecular flexibility index (Phi) is 8.67. The van der Waals surface area contributed by atoms with Crippen LogP contribution in [0.5, 0.6) is 5.75 Å².